The quantitative estimate of drug-likeness (QED) is 0.165. The lowest BCUT2D eigenvalue weighted by atomic mass is 9.86. The smallest absolute Gasteiger partial charge is 0.164 e. The van der Waals surface area contributed by atoms with Gasteiger partial charge in [0.25, 0.3) is 0 Å². The van der Waals surface area contributed by atoms with Gasteiger partial charge >= 0.3 is 0 Å². The maximum absolute atomic E-state index is 5.08. The molecule has 9 aromatic carbocycles. The minimum absolute atomic E-state index is 0.646. The Morgan fingerprint density at radius 2 is 0.536 bits per heavy atom. The molecule has 0 N–H and O–H groups in total. The zero-order valence-corrected chi connectivity index (χ0v) is 30.5. The molecule has 0 atom stereocenters. The Morgan fingerprint density at radius 1 is 0.196 bits per heavy atom. The van der Waals surface area contributed by atoms with E-state index >= 15 is 0 Å². The van der Waals surface area contributed by atoms with E-state index in [2.05, 4.69) is 152 Å². The van der Waals surface area contributed by atoms with Crippen LogP contribution in [0.1, 0.15) is 0 Å². The van der Waals surface area contributed by atoms with Crippen LogP contribution in [-0.2, 0) is 0 Å². The highest BCUT2D eigenvalue weighted by Crippen LogP contribution is 2.43. The van der Waals surface area contributed by atoms with Crippen LogP contribution in [0, 0.1) is 0 Å². The summed E-state index contributed by atoms with van der Waals surface area (Å²) in [5.74, 6) is 1.94. The number of aromatic nitrogens is 3. The predicted octanol–water partition coefficient (Wildman–Crippen LogP) is 13.8. The summed E-state index contributed by atoms with van der Waals surface area (Å²) < 4.78 is 0. The summed E-state index contributed by atoms with van der Waals surface area (Å²) in [4.78, 5) is 15.1. The van der Waals surface area contributed by atoms with E-state index in [0.717, 1.165) is 33.0 Å². The molecule has 3 heteroatoms. The fraction of sp³-hybridized carbons (Fsp3) is 0. The average Bonchev–Trinajstić information content (AvgIpc) is 3.29. The summed E-state index contributed by atoms with van der Waals surface area (Å²) in [5, 5.41) is 4.64. The molecule has 262 valence electrons. The van der Waals surface area contributed by atoms with E-state index in [9.17, 15) is 0 Å². The third-order valence-corrected chi connectivity index (χ3v) is 10.6. The summed E-state index contributed by atoms with van der Waals surface area (Å²) in [7, 11) is 0. The van der Waals surface area contributed by atoms with Crippen molar-refractivity contribution < 1.29 is 0 Å². The first kappa shape index (κ1) is 33.1. The molecular weight excluding hydrogens is 679 g/mol. The van der Waals surface area contributed by atoms with Crippen LogP contribution < -0.4 is 0 Å². The monoisotopic (exact) mass is 713 g/mol. The lowest BCUT2D eigenvalue weighted by molar-refractivity contribution is 1.08. The number of benzene rings is 9. The molecule has 0 radical (unpaired) electrons. The van der Waals surface area contributed by atoms with Crippen LogP contribution >= 0.6 is 0 Å². The average molecular weight is 714 g/mol. The van der Waals surface area contributed by atoms with Crippen LogP contribution in [-0.4, -0.2) is 15.0 Å². The van der Waals surface area contributed by atoms with E-state index in [-0.39, 0.29) is 0 Å². The molecule has 0 amide bonds. The van der Waals surface area contributed by atoms with E-state index in [1.54, 1.807) is 0 Å². The second kappa shape index (κ2) is 14.4. The lowest BCUT2D eigenvalue weighted by Gasteiger charge is -2.18. The Bertz CT molecular complexity index is 2940. The second-order valence-electron chi connectivity index (χ2n) is 13.9. The summed E-state index contributed by atoms with van der Waals surface area (Å²) in [5.41, 5.74) is 12.4. The molecule has 1 aromatic heterocycles. The third kappa shape index (κ3) is 6.12. The third-order valence-electron chi connectivity index (χ3n) is 10.6. The van der Waals surface area contributed by atoms with Gasteiger partial charge in [-0.3, -0.25) is 0 Å². The fourth-order valence-corrected chi connectivity index (χ4v) is 7.87. The second-order valence-corrected chi connectivity index (χ2v) is 13.9. The Labute approximate surface area is 326 Å². The minimum atomic E-state index is 0.646. The number of fused-ring (bicyclic) bond motifs is 2. The fourth-order valence-electron chi connectivity index (χ4n) is 7.87. The van der Waals surface area contributed by atoms with Crippen molar-refractivity contribution in [1.29, 1.82) is 0 Å². The van der Waals surface area contributed by atoms with Gasteiger partial charge in [0.1, 0.15) is 0 Å². The van der Waals surface area contributed by atoms with Gasteiger partial charge in [-0.05, 0) is 78.2 Å². The highest BCUT2D eigenvalue weighted by molar-refractivity contribution is 6.12. The van der Waals surface area contributed by atoms with E-state index in [0.29, 0.717) is 17.5 Å². The lowest BCUT2D eigenvalue weighted by Crippen LogP contribution is -2.00. The first-order valence-electron chi connectivity index (χ1n) is 18.9. The highest BCUT2D eigenvalue weighted by atomic mass is 15.0. The van der Waals surface area contributed by atoms with Crippen LogP contribution in [0.15, 0.2) is 212 Å². The van der Waals surface area contributed by atoms with Crippen LogP contribution in [0.5, 0.6) is 0 Å². The molecule has 0 spiro atoms. The number of rotatable bonds is 7. The topological polar surface area (TPSA) is 38.7 Å². The molecule has 10 rings (SSSR count). The Balaban J connectivity index is 1.14. The van der Waals surface area contributed by atoms with Crippen molar-refractivity contribution in [2.75, 3.05) is 0 Å². The van der Waals surface area contributed by atoms with Gasteiger partial charge in [-0.25, -0.2) is 15.0 Å². The normalized spacial score (nSPS) is 11.2. The zero-order chi connectivity index (χ0) is 37.3. The van der Waals surface area contributed by atoms with Gasteiger partial charge in [0.2, 0.25) is 0 Å². The maximum atomic E-state index is 5.08. The first-order chi connectivity index (χ1) is 27.8. The summed E-state index contributed by atoms with van der Waals surface area (Å²) >= 11 is 0. The van der Waals surface area contributed by atoms with Crippen molar-refractivity contribution in [2.24, 2.45) is 0 Å². The molecule has 0 aliphatic rings. The Kier molecular flexibility index (Phi) is 8.51. The molecule has 1 heterocycles. The van der Waals surface area contributed by atoms with Gasteiger partial charge in [0.15, 0.2) is 17.5 Å². The van der Waals surface area contributed by atoms with E-state index in [1.807, 2.05) is 60.7 Å². The van der Waals surface area contributed by atoms with Gasteiger partial charge in [-0.15, -0.1) is 0 Å². The molecule has 0 saturated heterocycles. The van der Waals surface area contributed by atoms with Crippen molar-refractivity contribution in [1.82, 2.24) is 15.0 Å². The van der Waals surface area contributed by atoms with Gasteiger partial charge < -0.3 is 0 Å². The first-order valence-corrected chi connectivity index (χ1v) is 18.9. The van der Waals surface area contributed by atoms with E-state index < -0.39 is 0 Å². The molecule has 3 nitrogen and oxygen atoms in total. The minimum Gasteiger partial charge on any atom is -0.208 e. The molecular formula is C53H35N3. The van der Waals surface area contributed by atoms with Crippen molar-refractivity contribution in [3.63, 3.8) is 0 Å². The summed E-state index contributed by atoms with van der Waals surface area (Å²) in [6.45, 7) is 0. The summed E-state index contributed by atoms with van der Waals surface area (Å²) in [6.07, 6.45) is 0. The Hall–Kier alpha value is -7.49. The predicted molar refractivity (Wildman–Crippen MR) is 233 cm³/mol. The molecule has 56 heavy (non-hydrogen) atoms. The molecule has 0 aliphatic carbocycles. The molecule has 0 fully saturated rings. The Morgan fingerprint density at radius 3 is 1.02 bits per heavy atom. The zero-order valence-electron chi connectivity index (χ0n) is 30.5. The number of hydrogen-bond donors (Lipinski definition) is 0. The van der Waals surface area contributed by atoms with Crippen molar-refractivity contribution in [3.8, 4) is 78.7 Å². The van der Waals surface area contributed by atoms with Gasteiger partial charge in [0.05, 0.1) is 0 Å². The SMILES string of the molecule is c1ccc(-c2ccc(-c3ccc(-c4ccc(-c5nc(-c6ccccc6)nc(-c6ccccc6)n5)c5ccccc45)c4ccccc34)c(-c3ccccc3)c2)cc1. The van der Waals surface area contributed by atoms with Gasteiger partial charge in [-0.2, -0.15) is 0 Å². The van der Waals surface area contributed by atoms with Crippen molar-refractivity contribution in [3.05, 3.63) is 212 Å². The van der Waals surface area contributed by atoms with Crippen LogP contribution in [0.4, 0.5) is 0 Å². The largest absolute Gasteiger partial charge is 0.208 e. The highest BCUT2D eigenvalue weighted by Gasteiger charge is 2.19. The number of nitrogens with zero attached hydrogens (tertiary/aromatic N) is 3. The standard InChI is InChI=1S/C53H35N3/c1-5-17-36(18-6-1)40-29-30-48(50(35-40)37-19-7-2-8-20-37)47-32-31-45(41-25-13-14-26-42(41)47)46-33-34-49(44-28-16-15-27-43(44)46)53-55-51(38-21-9-3-10-22-38)54-52(56-53)39-23-11-4-12-24-39/h1-35H. The van der Waals surface area contributed by atoms with E-state index in [1.165, 1.54) is 49.7 Å². The van der Waals surface area contributed by atoms with Gasteiger partial charge in [-0.1, -0.05) is 200 Å². The molecule has 10 aromatic rings. The summed E-state index contributed by atoms with van der Waals surface area (Å²) in [6, 6.07) is 74.9. The van der Waals surface area contributed by atoms with E-state index in [4.69, 9.17) is 15.0 Å². The van der Waals surface area contributed by atoms with Gasteiger partial charge in [0, 0.05) is 16.7 Å². The number of hydrogen-bond acceptors (Lipinski definition) is 3. The molecule has 0 saturated carbocycles. The van der Waals surface area contributed by atoms with Crippen LogP contribution in [0.2, 0.25) is 0 Å². The molecule has 0 bridgehead atoms. The van der Waals surface area contributed by atoms with Crippen molar-refractivity contribution >= 4 is 21.5 Å². The maximum Gasteiger partial charge on any atom is 0.164 e. The van der Waals surface area contributed by atoms with Crippen LogP contribution in [0.25, 0.3) is 100 Å². The molecule has 0 aliphatic heterocycles. The van der Waals surface area contributed by atoms with Crippen LogP contribution in [0.3, 0.4) is 0 Å². The van der Waals surface area contributed by atoms with Crippen molar-refractivity contribution in [2.45, 2.75) is 0 Å². The molecule has 0 unspecified atom stereocenters.